The van der Waals surface area contributed by atoms with Crippen molar-refractivity contribution in [2.45, 2.75) is 6.92 Å². The number of rotatable bonds is 3. The van der Waals surface area contributed by atoms with E-state index in [1.54, 1.807) is 19.1 Å². The molecule has 0 saturated carbocycles. The third-order valence-electron chi connectivity index (χ3n) is 2.75. The standard InChI is InChI=1S/C14H10Cl2N2O3/c1-7-3-2-4-17-11(7)13(19)18-12-9(15)5-8(14(20)21)6-10(12)16/h2-6H,1H3,(H,18,19)(H,20,21). The van der Waals surface area contributed by atoms with Gasteiger partial charge < -0.3 is 10.4 Å². The van der Waals surface area contributed by atoms with Gasteiger partial charge in [-0.05, 0) is 30.7 Å². The fourth-order valence-electron chi connectivity index (χ4n) is 1.71. The molecule has 0 aliphatic rings. The lowest BCUT2D eigenvalue weighted by Gasteiger charge is -2.11. The Morgan fingerprint density at radius 2 is 1.86 bits per heavy atom. The van der Waals surface area contributed by atoms with Crippen molar-refractivity contribution in [3.63, 3.8) is 0 Å². The van der Waals surface area contributed by atoms with Gasteiger partial charge in [0.25, 0.3) is 5.91 Å². The van der Waals surface area contributed by atoms with E-state index in [9.17, 15) is 9.59 Å². The SMILES string of the molecule is Cc1cccnc1C(=O)Nc1c(Cl)cc(C(=O)O)cc1Cl. The summed E-state index contributed by atoms with van der Waals surface area (Å²) < 4.78 is 0. The van der Waals surface area contributed by atoms with Gasteiger partial charge in [0, 0.05) is 6.20 Å². The molecule has 5 nitrogen and oxygen atoms in total. The summed E-state index contributed by atoms with van der Waals surface area (Å²) in [6, 6.07) is 5.90. The molecule has 0 saturated heterocycles. The number of nitrogens with zero attached hydrogens (tertiary/aromatic N) is 1. The Labute approximate surface area is 130 Å². The van der Waals surface area contributed by atoms with Crippen molar-refractivity contribution in [3.05, 3.63) is 57.3 Å². The maximum absolute atomic E-state index is 12.2. The molecule has 2 rings (SSSR count). The molecule has 1 aromatic heterocycles. The first-order valence-electron chi connectivity index (χ1n) is 5.85. The molecule has 0 unspecified atom stereocenters. The Bertz CT molecular complexity index is 709. The first-order valence-corrected chi connectivity index (χ1v) is 6.61. The van der Waals surface area contributed by atoms with Gasteiger partial charge in [0.15, 0.2) is 0 Å². The van der Waals surface area contributed by atoms with E-state index in [0.29, 0.717) is 5.56 Å². The predicted octanol–water partition coefficient (Wildman–Crippen LogP) is 3.65. The monoisotopic (exact) mass is 324 g/mol. The van der Waals surface area contributed by atoms with Gasteiger partial charge in [0.2, 0.25) is 0 Å². The van der Waals surface area contributed by atoms with Crippen LogP contribution >= 0.6 is 23.2 Å². The highest BCUT2D eigenvalue weighted by atomic mass is 35.5. The molecule has 2 aromatic rings. The van der Waals surface area contributed by atoms with Gasteiger partial charge in [-0.15, -0.1) is 0 Å². The third-order valence-corrected chi connectivity index (χ3v) is 3.35. The summed E-state index contributed by atoms with van der Waals surface area (Å²) in [5, 5.41) is 11.5. The average molecular weight is 325 g/mol. The molecule has 2 N–H and O–H groups in total. The van der Waals surface area contributed by atoms with Gasteiger partial charge in [-0.25, -0.2) is 4.79 Å². The zero-order chi connectivity index (χ0) is 15.6. The summed E-state index contributed by atoms with van der Waals surface area (Å²) >= 11 is 11.9. The maximum atomic E-state index is 12.2. The number of aromatic carboxylic acids is 1. The fraction of sp³-hybridized carbons (Fsp3) is 0.0714. The second-order valence-electron chi connectivity index (χ2n) is 4.24. The highest BCUT2D eigenvalue weighted by Gasteiger charge is 2.17. The molecule has 1 amide bonds. The van der Waals surface area contributed by atoms with E-state index in [-0.39, 0.29) is 27.0 Å². The van der Waals surface area contributed by atoms with Crippen LogP contribution in [0.3, 0.4) is 0 Å². The summed E-state index contributed by atoms with van der Waals surface area (Å²) in [6.45, 7) is 1.75. The molecule has 1 aromatic carbocycles. The molecular formula is C14H10Cl2N2O3. The predicted molar refractivity (Wildman–Crippen MR) is 80.3 cm³/mol. The van der Waals surface area contributed by atoms with Crippen LogP contribution in [0.4, 0.5) is 5.69 Å². The van der Waals surface area contributed by atoms with Crippen molar-refractivity contribution in [1.82, 2.24) is 4.98 Å². The molecule has 0 radical (unpaired) electrons. The van der Waals surface area contributed by atoms with Crippen LogP contribution in [0, 0.1) is 6.92 Å². The summed E-state index contributed by atoms with van der Waals surface area (Å²) in [4.78, 5) is 27.0. The molecule has 108 valence electrons. The van der Waals surface area contributed by atoms with E-state index in [1.165, 1.54) is 18.3 Å². The number of aromatic nitrogens is 1. The highest BCUT2D eigenvalue weighted by molar-refractivity contribution is 6.40. The van der Waals surface area contributed by atoms with Gasteiger partial charge in [0.1, 0.15) is 5.69 Å². The minimum absolute atomic E-state index is 0.0434. The van der Waals surface area contributed by atoms with E-state index in [4.69, 9.17) is 28.3 Å². The molecule has 0 aliphatic heterocycles. The summed E-state index contributed by atoms with van der Waals surface area (Å²) in [7, 11) is 0. The minimum Gasteiger partial charge on any atom is -0.478 e. The number of carboxylic acids is 1. The van der Waals surface area contributed by atoms with Gasteiger partial charge >= 0.3 is 5.97 Å². The quantitative estimate of drug-likeness (QED) is 0.903. The number of carbonyl (C=O) groups excluding carboxylic acids is 1. The Kier molecular flexibility index (Phi) is 4.45. The van der Waals surface area contributed by atoms with Gasteiger partial charge in [0.05, 0.1) is 21.3 Å². The number of hydrogen-bond donors (Lipinski definition) is 2. The number of pyridine rings is 1. The van der Waals surface area contributed by atoms with Crippen LogP contribution in [0.25, 0.3) is 0 Å². The normalized spacial score (nSPS) is 10.2. The number of halogens is 2. The topological polar surface area (TPSA) is 79.3 Å². The van der Waals surface area contributed by atoms with E-state index in [0.717, 1.165) is 0 Å². The van der Waals surface area contributed by atoms with Crippen LogP contribution < -0.4 is 5.32 Å². The number of nitrogens with one attached hydrogen (secondary N) is 1. The highest BCUT2D eigenvalue weighted by Crippen LogP contribution is 2.32. The van der Waals surface area contributed by atoms with E-state index < -0.39 is 11.9 Å². The van der Waals surface area contributed by atoms with Crippen molar-refractivity contribution in [3.8, 4) is 0 Å². The van der Waals surface area contributed by atoms with Crippen LogP contribution in [-0.2, 0) is 0 Å². The molecule has 21 heavy (non-hydrogen) atoms. The molecular weight excluding hydrogens is 315 g/mol. The van der Waals surface area contributed by atoms with Crippen LogP contribution in [0.5, 0.6) is 0 Å². The molecule has 0 atom stereocenters. The Hall–Kier alpha value is -2.11. The molecule has 0 fully saturated rings. The number of carboxylic acid groups (broad SMARTS) is 1. The molecule has 0 aliphatic carbocycles. The second-order valence-corrected chi connectivity index (χ2v) is 5.06. The van der Waals surface area contributed by atoms with Crippen molar-refractivity contribution in [1.29, 1.82) is 0 Å². The molecule has 0 spiro atoms. The lowest BCUT2D eigenvalue weighted by atomic mass is 10.2. The van der Waals surface area contributed by atoms with E-state index in [2.05, 4.69) is 10.3 Å². The van der Waals surface area contributed by atoms with Gasteiger partial charge in [-0.3, -0.25) is 9.78 Å². The smallest absolute Gasteiger partial charge is 0.335 e. The Balaban J connectivity index is 2.34. The third kappa shape index (κ3) is 3.32. The first-order chi connectivity index (χ1) is 9.90. The van der Waals surface area contributed by atoms with Crippen LogP contribution in [0.2, 0.25) is 10.0 Å². The van der Waals surface area contributed by atoms with Crippen molar-refractivity contribution >= 4 is 40.8 Å². The van der Waals surface area contributed by atoms with Crippen molar-refractivity contribution < 1.29 is 14.7 Å². The number of amides is 1. The van der Waals surface area contributed by atoms with Crippen LogP contribution in [0.1, 0.15) is 26.4 Å². The average Bonchev–Trinajstić information content (AvgIpc) is 2.42. The molecule has 1 heterocycles. The number of hydrogen-bond acceptors (Lipinski definition) is 3. The van der Waals surface area contributed by atoms with Crippen LogP contribution in [-0.4, -0.2) is 22.0 Å². The lowest BCUT2D eigenvalue weighted by Crippen LogP contribution is -2.16. The van der Waals surface area contributed by atoms with E-state index in [1.807, 2.05) is 0 Å². The second kappa shape index (κ2) is 6.11. The maximum Gasteiger partial charge on any atom is 0.335 e. The van der Waals surface area contributed by atoms with Gasteiger partial charge in [-0.2, -0.15) is 0 Å². The van der Waals surface area contributed by atoms with E-state index >= 15 is 0 Å². The number of anilines is 1. The number of aryl methyl sites for hydroxylation is 1. The molecule has 7 heteroatoms. The Morgan fingerprint density at radius 1 is 1.24 bits per heavy atom. The lowest BCUT2D eigenvalue weighted by molar-refractivity contribution is 0.0696. The molecule has 0 bridgehead atoms. The summed E-state index contributed by atoms with van der Waals surface area (Å²) in [6.07, 6.45) is 1.50. The summed E-state index contributed by atoms with van der Waals surface area (Å²) in [5.74, 6) is -1.63. The zero-order valence-electron chi connectivity index (χ0n) is 10.9. The van der Waals surface area contributed by atoms with Crippen LogP contribution in [0.15, 0.2) is 30.5 Å². The number of carbonyl (C=O) groups is 2. The van der Waals surface area contributed by atoms with Crippen molar-refractivity contribution in [2.24, 2.45) is 0 Å². The largest absolute Gasteiger partial charge is 0.478 e. The zero-order valence-corrected chi connectivity index (χ0v) is 12.4. The van der Waals surface area contributed by atoms with Gasteiger partial charge in [-0.1, -0.05) is 29.3 Å². The summed E-state index contributed by atoms with van der Waals surface area (Å²) in [5.41, 5.74) is 1.03. The Morgan fingerprint density at radius 3 is 2.38 bits per heavy atom. The fourth-order valence-corrected chi connectivity index (χ4v) is 2.29. The first kappa shape index (κ1) is 15.3. The number of benzene rings is 1. The van der Waals surface area contributed by atoms with Crippen molar-refractivity contribution in [2.75, 3.05) is 5.32 Å². The minimum atomic E-state index is -1.16.